The maximum Gasteiger partial charge on any atom is 0.127 e. The molecule has 0 aromatic heterocycles. The van der Waals surface area contributed by atoms with Gasteiger partial charge >= 0.3 is 0 Å². The lowest BCUT2D eigenvalue weighted by Crippen LogP contribution is -2.19. The maximum atomic E-state index is 9.48. The molecule has 0 aliphatic rings. The zero-order valence-corrected chi connectivity index (χ0v) is 13.2. The first kappa shape index (κ1) is 15.8. The molecule has 0 spiro atoms. The number of ether oxygens (including phenoxy) is 1. The van der Waals surface area contributed by atoms with Gasteiger partial charge in [-0.3, -0.25) is 5.32 Å². The molecule has 0 radical (unpaired) electrons. The molecule has 0 saturated heterocycles. The Labute approximate surface area is 142 Å². The Hall–Kier alpha value is -3.09. The number of nitrogens with zero attached hydrogens (tertiary/aromatic N) is 1. The Bertz CT molecular complexity index is 810. The predicted molar refractivity (Wildman–Crippen MR) is 94.6 cm³/mol. The number of nitrogens with one attached hydrogen (secondary N) is 1. The minimum atomic E-state index is -0.385. The Morgan fingerprint density at radius 3 is 2.21 bits per heavy atom. The minimum absolute atomic E-state index is 0.385. The van der Waals surface area contributed by atoms with Gasteiger partial charge in [-0.25, -0.2) is 0 Å². The molecule has 0 heterocycles. The normalized spacial score (nSPS) is 11.5. The monoisotopic (exact) mass is 314 g/mol. The van der Waals surface area contributed by atoms with Gasteiger partial charge < -0.3 is 4.74 Å². The van der Waals surface area contributed by atoms with E-state index in [9.17, 15) is 5.26 Å². The summed E-state index contributed by atoms with van der Waals surface area (Å²) in [6.07, 6.45) is 0. The maximum absolute atomic E-state index is 9.48. The molecule has 118 valence electrons. The molecule has 0 aliphatic carbocycles. The van der Waals surface area contributed by atoms with Gasteiger partial charge in [0, 0.05) is 6.54 Å². The smallest absolute Gasteiger partial charge is 0.127 e. The van der Waals surface area contributed by atoms with E-state index >= 15 is 0 Å². The highest BCUT2D eigenvalue weighted by molar-refractivity contribution is 5.36. The second kappa shape index (κ2) is 7.96. The first-order valence-electron chi connectivity index (χ1n) is 7.85. The third-order valence-electron chi connectivity index (χ3n) is 3.65. The van der Waals surface area contributed by atoms with E-state index in [0.717, 1.165) is 22.6 Å². The van der Waals surface area contributed by atoms with Gasteiger partial charge in [0.2, 0.25) is 0 Å². The van der Waals surface area contributed by atoms with Crippen molar-refractivity contribution < 1.29 is 4.74 Å². The summed E-state index contributed by atoms with van der Waals surface area (Å²) in [5.74, 6) is 1.50. The molecule has 24 heavy (non-hydrogen) atoms. The summed E-state index contributed by atoms with van der Waals surface area (Å²) in [6.45, 7) is 0.642. The van der Waals surface area contributed by atoms with Gasteiger partial charge in [-0.15, -0.1) is 0 Å². The zero-order valence-electron chi connectivity index (χ0n) is 13.2. The van der Waals surface area contributed by atoms with Gasteiger partial charge in [0.15, 0.2) is 0 Å². The van der Waals surface area contributed by atoms with E-state index < -0.39 is 0 Å². The van der Waals surface area contributed by atoms with Gasteiger partial charge in [-0.05, 0) is 35.4 Å². The van der Waals surface area contributed by atoms with Gasteiger partial charge in [0.1, 0.15) is 17.5 Å². The molecule has 1 N–H and O–H groups in total. The molecule has 0 bridgehead atoms. The van der Waals surface area contributed by atoms with Crippen LogP contribution in [0.3, 0.4) is 0 Å². The topological polar surface area (TPSA) is 45.0 Å². The molecule has 3 heteroatoms. The minimum Gasteiger partial charge on any atom is -0.457 e. The number of hydrogen-bond donors (Lipinski definition) is 1. The van der Waals surface area contributed by atoms with Crippen LogP contribution in [0, 0.1) is 11.3 Å². The molecule has 0 saturated carbocycles. The molecule has 1 atom stereocenters. The highest BCUT2D eigenvalue weighted by atomic mass is 16.5. The summed E-state index contributed by atoms with van der Waals surface area (Å²) < 4.78 is 5.84. The number of para-hydroxylation sites is 1. The van der Waals surface area contributed by atoms with Gasteiger partial charge in [0.05, 0.1) is 6.07 Å². The second-order valence-corrected chi connectivity index (χ2v) is 5.42. The SMILES string of the molecule is N#C[C@@H](NCc1ccccc1)c1cccc(Oc2ccccc2)c1. The number of hydrogen-bond acceptors (Lipinski definition) is 3. The molecule has 0 aliphatic heterocycles. The van der Waals surface area contributed by atoms with E-state index in [-0.39, 0.29) is 6.04 Å². The summed E-state index contributed by atoms with van der Waals surface area (Å²) in [4.78, 5) is 0. The number of benzene rings is 3. The summed E-state index contributed by atoms with van der Waals surface area (Å²) in [5, 5.41) is 12.8. The van der Waals surface area contributed by atoms with Crippen molar-refractivity contribution in [3.63, 3.8) is 0 Å². The largest absolute Gasteiger partial charge is 0.457 e. The van der Waals surface area contributed by atoms with E-state index in [1.807, 2.05) is 84.9 Å². The lowest BCUT2D eigenvalue weighted by atomic mass is 10.1. The standard InChI is InChI=1S/C21H18N2O/c22-15-21(23-16-17-8-3-1-4-9-17)18-10-7-13-20(14-18)24-19-11-5-2-6-12-19/h1-14,21,23H,16H2/t21-/m1/s1. The van der Waals surface area contributed by atoms with Crippen molar-refractivity contribution in [2.45, 2.75) is 12.6 Å². The summed E-state index contributed by atoms with van der Waals surface area (Å²) in [5.41, 5.74) is 2.04. The van der Waals surface area contributed by atoms with Crippen molar-refractivity contribution in [3.05, 3.63) is 96.1 Å². The van der Waals surface area contributed by atoms with Crippen LogP contribution in [0.2, 0.25) is 0 Å². The second-order valence-electron chi connectivity index (χ2n) is 5.42. The summed E-state index contributed by atoms with van der Waals surface area (Å²) in [6, 6.07) is 29.2. The van der Waals surface area contributed by atoms with E-state index in [1.165, 1.54) is 0 Å². The average Bonchev–Trinajstić information content (AvgIpc) is 2.64. The molecule has 3 aromatic carbocycles. The van der Waals surface area contributed by atoms with E-state index in [1.54, 1.807) is 0 Å². The van der Waals surface area contributed by atoms with E-state index in [0.29, 0.717) is 6.54 Å². The third kappa shape index (κ3) is 4.22. The first-order chi connectivity index (χ1) is 11.8. The number of nitriles is 1. The van der Waals surface area contributed by atoms with Crippen LogP contribution in [0.1, 0.15) is 17.2 Å². The van der Waals surface area contributed by atoms with Crippen LogP contribution >= 0.6 is 0 Å². The molecular formula is C21H18N2O. The van der Waals surface area contributed by atoms with Crippen LogP contribution in [-0.4, -0.2) is 0 Å². The highest BCUT2D eigenvalue weighted by Gasteiger charge is 2.11. The van der Waals surface area contributed by atoms with Gasteiger partial charge in [-0.2, -0.15) is 5.26 Å². The third-order valence-corrected chi connectivity index (χ3v) is 3.65. The van der Waals surface area contributed by atoms with Gasteiger partial charge in [0.25, 0.3) is 0 Å². The molecular weight excluding hydrogens is 296 g/mol. The lowest BCUT2D eigenvalue weighted by molar-refractivity contribution is 0.481. The summed E-state index contributed by atoms with van der Waals surface area (Å²) >= 11 is 0. The van der Waals surface area contributed by atoms with E-state index in [4.69, 9.17) is 4.74 Å². The molecule has 3 nitrogen and oxygen atoms in total. The van der Waals surface area contributed by atoms with Crippen molar-refractivity contribution in [3.8, 4) is 17.6 Å². The summed E-state index contributed by atoms with van der Waals surface area (Å²) in [7, 11) is 0. The molecule has 0 unspecified atom stereocenters. The quantitative estimate of drug-likeness (QED) is 0.708. The van der Waals surface area contributed by atoms with Crippen molar-refractivity contribution in [2.75, 3.05) is 0 Å². The molecule has 3 aromatic rings. The highest BCUT2D eigenvalue weighted by Crippen LogP contribution is 2.24. The fraction of sp³-hybridized carbons (Fsp3) is 0.0952. The van der Waals surface area contributed by atoms with Crippen molar-refractivity contribution >= 4 is 0 Å². The molecule has 0 fully saturated rings. The van der Waals surface area contributed by atoms with Crippen LogP contribution < -0.4 is 10.1 Å². The van der Waals surface area contributed by atoms with Crippen molar-refractivity contribution in [1.29, 1.82) is 5.26 Å². The van der Waals surface area contributed by atoms with Crippen LogP contribution in [0.15, 0.2) is 84.9 Å². The number of rotatable bonds is 6. The van der Waals surface area contributed by atoms with Crippen LogP contribution in [0.4, 0.5) is 0 Å². The van der Waals surface area contributed by atoms with Crippen LogP contribution in [0.25, 0.3) is 0 Å². The van der Waals surface area contributed by atoms with E-state index in [2.05, 4.69) is 11.4 Å². The predicted octanol–water partition coefficient (Wildman–Crippen LogP) is 4.83. The Kier molecular flexibility index (Phi) is 5.24. The lowest BCUT2D eigenvalue weighted by Gasteiger charge is -2.13. The fourth-order valence-corrected chi connectivity index (χ4v) is 2.44. The van der Waals surface area contributed by atoms with Crippen LogP contribution in [0.5, 0.6) is 11.5 Å². The average molecular weight is 314 g/mol. The molecule has 3 rings (SSSR count). The fourth-order valence-electron chi connectivity index (χ4n) is 2.44. The Morgan fingerprint density at radius 2 is 1.50 bits per heavy atom. The van der Waals surface area contributed by atoms with Crippen LogP contribution in [-0.2, 0) is 6.54 Å². The Balaban J connectivity index is 1.70. The van der Waals surface area contributed by atoms with Crippen molar-refractivity contribution in [1.82, 2.24) is 5.32 Å². The van der Waals surface area contributed by atoms with Crippen molar-refractivity contribution in [2.24, 2.45) is 0 Å². The van der Waals surface area contributed by atoms with Gasteiger partial charge in [-0.1, -0.05) is 60.7 Å². The Morgan fingerprint density at radius 1 is 0.833 bits per heavy atom. The zero-order chi connectivity index (χ0) is 16.6. The first-order valence-corrected chi connectivity index (χ1v) is 7.85. The molecule has 0 amide bonds.